The third-order valence-corrected chi connectivity index (χ3v) is 4.97. The van der Waals surface area contributed by atoms with Crippen molar-refractivity contribution in [2.45, 2.75) is 51.4 Å². The van der Waals surface area contributed by atoms with Gasteiger partial charge in [-0.25, -0.2) is 0 Å². The van der Waals surface area contributed by atoms with Gasteiger partial charge in [-0.05, 0) is 42.4 Å². The number of fused-ring (bicyclic) bond motifs is 1. The number of carbonyl (C=O) groups is 1. The van der Waals surface area contributed by atoms with E-state index < -0.39 is 0 Å². The summed E-state index contributed by atoms with van der Waals surface area (Å²) in [5.41, 5.74) is 3.79. The first kappa shape index (κ1) is 17.5. The lowest BCUT2D eigenvalue weighted by Crippen LogP contribution is -2.08. The predicted octanol–water partition coefficient (Wildman–Crippen LogP) is 6.03. The fourth-order valence-electron chi connectivity index (χ4n) is 3.54. The molecule has 1 aromatic heterocycles. The summed E-state index contributed by atoms with van der Waals surface area (Å²) in [4.78, 5) is 15.8. The molecule has 2 heteroatoms. The van der Waals surface area contributed by atoms with Crippen LogP contribution in [0.5, 0.6) is 0 Å². The zero-order chi connectivity index (χ0) is 17.5. The van der Waals surface area contributed by atoms with E-state index in [1.54, 1.807) is 0 Å². The number of rotatable bonds is 9. The van der Waals surface area contributed by atoms with Gasteiger partial charge < -0.3 is 4.98 Å². The zero-order valence-corrected chi connectivity index (χ0v) is 15.0. The standard InChI is InChI=1S/C23H27NO/c1-2-3-11-20(25)16-19(15-14-18-9-5-4-6-10-18)22-17-24-23-13-8-7-12-21(22)23/h4-10,12-13,17,19,24H,2-3,11,14-16H2,1H3/t19-/m0/s1. The Kier molecular flexibility index (Phi) is 6.05. The van der Waals surface area contributed by atoms with Gasteiger partial charge >= 0.3 is 0 Å². The van der Waals surface area contributed by atoms with E-state index in [-0.39, 0.29) is 5.92 Å². The van der Waals surface area contributed by atoms with E-state index in [9.17, 15) is 4.79 Å². The number of unbranched alkanes of at least 4 members (excludes halogenated alkanes) is 1. The number of ketones is 1. The van der Waals surface area contributed by atoms with Crippen LogP contribution in [0.2, 0.25) is 0 Å². The second-order valence-corrected chi connectivity index (χ2v) is 6.86. The molecule has 0 bridgehead atoms. The minimum atomic E-state index is 0.278. The van der Waals surface area contributed by atoms with E-state index in [0.29, 0.717) is 18.6 Å². The van der Waals surface area contributed by atoms with Crippen molar-refractivity contribution < 1.29 is 4.79 Å². The molecule has 25 heavy (non-hydrogen) atoms. The van der Waals surface area contributed by atoms with Gasteiger partial charge in [-0.15, -0.1) is 0 Å². The number of Topliss-reactive ketones (excluding diaryl/α,β-unsaturated/α-hetero) is 1. The molecular weight excluding hydrogens is 306 g/mol. The van der Waals surface area contributed by atoms with Crippen molar-refractivity contribution in [2.75, 3.05) is 0 Å². The molecule has 0 spiro atoms. The van der Waals surface area contributed by atoms with E-state index >= 15 is 0 Å². The number of aryl methyl sites for hydroxylation is 1. The maximum atomic E-state index is 12.4. The highest BCUT2D eigenvalue weighted by molar-refractivity contribution is 5.85. The molecule has 130 valence electrons. The minimum absolute atomic E-state index is 0.278. The molecule has 0 amide bonds. The summed E-state index contributed by atoms with van der Waals surface area (Å²) >= 11 is 0. The van der Waals surface area contributed by atoms with E-state index in [1.807, 2.05) is 6.07 Å². The summed E-state index contributed by atoms with van der Waals surface area (Å²) in [5.74, 6) is 0.672. The first-order valence-electron chi connectivity index (χ1n) is 9.39. The molecule has 1 heterocycles. The largest absolute Gasteiger partial charge is 0.361 e. The molecule has 3 rings (SSSR count). The molecular formula is C23H27NO. The average molecular weight is 333 g/mol. The molecule has 0 unspecified atom stereocenters. The number of para-hydroxylation sites is 1. The Hall–Kier alpha value is -2.35. The lowest BCUT2D eigenvalue weighted by Gasteiger charge is -2.16. The van der Waals surface area contributed by atoms with Gasteiger partial charge in [0.2, 0.25) is 0 Å². The number of hydrogen-bond donors (Lipinski definition) is 1. The van der Waals surface area contributed by atoms with Gasteiger partial charge in [-0.1, -0.05) is 61.9 Å². The van der Waals surface area contributed by atoms with Crippen molar-refractivity contribution in [3.63, 3.8) is 0 Å². The second kappa shape index (κ2) is 8.66. The molecule has 1 atom stereocenters. The van der Waals surface area contributed by atoms with Gasteiger partial charge in [0.15, 0.2) is 0 Å². The van der Waals surface area contributed by atoms with Crippen molar-refractivity contribution in [1.82, 2.24) is 4.98 Å². The number of hydrogen-bond acceptors (Lipinski definition) is 1. The molecule has 0 radical (unpaired) electrons. The predicted molar refractivity (Wildman–Crippen MR) is 105 cm³/mol. The highest BCUT2D eigenvalue weighted by atomic mass is 16.1. The lowest BCUT2D eigenvalue weighted by molar-refractivity contribution is -0.119. The fraction of sp³-hybridized carbons (Fsp3) is 0.348. The molecule has 0 saturated carbocycles. The molecule has 2 aromatic carbocycles. The summed E-state index contributed by atoms with van der Waals surface area (Å²) in [7, 11) is 0. The number of H-pyrrole nitrogens is 1. The van der Waals surface area contributed by atoms with Crippen molar-refractivity contribution >= 4 is 16.7 Å². The SMILES string of the molecule is CCCCC(=O)C[C@H](CCc1ccccc1)c1c[nH]c2ccccc12. The van der Waals surface area contributed by atoms with Crippen LogP contribution in [0.3, 0.4) is 0 Å². The highest BCUT2D eigenvalue weighted by Crippen LogP contribution is 2.32. The first-order valence-corrected chi connectivity index (χ1v) is 9.39. The van der Waals surface area contributed by atoms with Crippen LogP contribution in [0.1, 0.15) is 56.1 Å². The van der Waals surface area contributed by atoms with Crippen LogP contribution in [-0.2, 0) is 11.2 Å². The van der Waals surface area contributed by atoms with Crippen LogP contribution < -0.4 is 0 Å². The number of benzene rings is 2. The smallest absolute Gasteiger partial charge is 0.133 e. The third-order valence-electron chi connectivity index (χ3n) is 4.97. The van der Waals surface area contributed by atoms with Gasteiger partial charge in [0.25, 0.3) is 0 Å². The van der Waals surface area contributed by atoms with Crippen LogP contribution in [0, 0.1) is 0 Å². The summed E-state index contributed by atoms with van der Waals surface area (Å²) in [6.07, 6.45) is 7.55. The Labute approximate surface area is 150 Å². The highest BCUT2D eigenvalue weighted by Gasteiger charge is 2.19. The van der Waals surface area contributed by atoms with Crippen molar-refractivity contribution in [1.29, 1.82) is 0 Å². The van der Waals surface area contributed by atoms with Crippen LogP contribution in [-0.4, -0.2) is 10.8 Å². The monoisotopic (exact) mass is 333 g/mol. The maximum Gasteiger partial charge on any atom is 0.133 e. The van der Waals surface area contributed by atoms with Crippen LogP contribution >= 0.6 is 0 Å². The Morgan fingerprint density at radius 1 is 1.04 bits per heavy atom. The Balaban J connectivity index is 1.79. The van der Waals surface area contributed by atoms with Crippen LogP contribution in [0.25, 0.3) is 10.9 Å². The molecule has 0 fully saturated rings. The van der Waals surface area contributed by atoms with Gasteiger partial charge in [-0.2, -0.15) is 0 Å². The van der Waals surface area contributed by atoms with Gasteiger partial charge in [-0.3, -0.25) is 4.79 Å². The lowest BCUT2D eigenvalue weighted by atomic mass is 9.87. The topological polar surface area (TPSA) is 32.9 Å². The third kappa shape index (κ3) is 4.60. The summed E-state index contributed by atoms with van der Waals surface area (Å²) in [5, 5.41) is 1.25. The Bertz CT molecular complexity index is 803. The first-order chi connectivity index (χ1) is 12.3. The number of carbonyl (C=O) groups excluding carboxylic acids is 1. The normalized spacial score (nSPS) is 12.4. The quantitative estimate of drug-likeness (QED) is 0.509. The summed E-state index contributed by atoms with van der Waals surface area (Å²) in [6.45, 7) is 2.14. The molecule has 0 saturated heterocycles. The van der Waals surface area contributed by atoms with Gasteiger partial charge in [0, 0.05) is 29.9 Å². The Morgan fingerprint density at radius 2 is 1.80 bits per heavy atom. The average Bonchev–Trinajstić information content (AvgIpc) is 3.08. The van der Waals surface area contributed by atoms with E-state index in [4.69, 9.17) is 0 Å². The van der Waals surface area contributed by atoms with Crippen LogP contribution in [0.15, 0.2) is 60.8 Å². The second-order valence-electron chi connectivity index (χ2n) is 6.86. The molecule has 3 aromatic rings. The fourth-order valence-corrected chi connectivity index (χ4v) is 3.54. The summed E-state index contributed by atoms with van der Waals surface area (Å²) in [6, 6.07) is 19.0. The maximum absolute atomic E-state index is 12.4. The summed E-state index contributed by atoms with van der Waals surface area (Å²) < 4.78 is 0. The number of nitrogens with one attached hydrogen (secondary N) is 1. The van der Waals surface area contributed by atoms with E-state index in [0.717, 1.165) is 31.2 Å². The number of aromatic amines is 1. The Morgan fingerprint density at radius 3 is 2.60 bits per heavy atom. The van der Waals surface area contributed by atoms with Crippen LogP contribution in [0.4, 0.5) is 0 Å². The molecule has 1 N–H and O–H groups in total. The van der Waals surface area contributed by atoms with E-state index in [1.165, 1.54) is 16.5 Å². The molecule has 0 aliphatic rings. The van der Waals surface area contributed by atoms with Gasteiger partial charge in [0.1, 0.15) is 5.78 Å². The molecule has 0 aliphatic heterocycles. The zero-order valence-electron chi connectivity index (χ0n) is 15.0. The van der Waals surface area contributed by atoms with Crippen molar-refractivity contribution in [2.24, 2.45) is 0 Å². The van der Waals surface area contributed by atoms with Crippen molar-refractivity contribution in [3.8, 4) is 0 Å². The molecule has 2 nitrogen and oxygen atoms in total. The number of aromatic nitrogens is 1. The molecule has 0 aliphatic carbocycles. The minimum Gasteiger partial charge on any atom is -0.361 e. The van der Waals surface area contributed by atoms with Crippen molar-refractivity contribution in [3.05, 3.63) is 71.9 Å². The van der Waals surface area contributed by atoms with E-state index in [2.05, 4.69) is 66.6 Å². The van der Waals surface area contributed by atoms with Gasteiger partial charge in [0.05, 0.1) is 0 Å².